The molecule has 1 N–H and O–H groups in total. The molecule has 0 spiro atoms. The number of nitrogens with one attached hydrogen (secondary N) is 1. The van der Waals surface area contributed by atoms with Crippen LogP contribution >= 0.6 is 11.6 Å². The van der Waals surface area contributed by atoms with Crippen LogP contribution in [0.4, 0.5) is 0 Å². The summed E-state index contributed by atoms with van der Waals surface area (Å²) in [7, 11) is 0. The topological polar surface area (TPSA) is 42.0 Å². The first-order valence-electron chi connectivity index (χ1n) is 5.58. The van der Waals surface area contributed by atoms with Crippen molar-refractivity contribution in [3.8, 4) is 0 Å². The van der Waals surface area contributed by atoms with Crippen LogP contribution in [0, 0.1) is 0 Å². The number of aromatic nitrogens is 1. The molecule has 1 aliphatic rings. The molecule has 1 aliphatic carbocycles. The molecule has 1 aromatic heterocycles. The molecule has 3 nitrogen and oxygen atoms in total. The second kappa shape index (κ2) is 4.00. The van der Waals surface area contributed by atoms with Crippen LogP contribution in [0.3, 0.4) is 0 Å². The van der Waals surface area contributed by atoms with Crippen LogP contribution in [-0.4, -0.2) is 16.9 Å². The van der Waals surface area contributed by atoms with Gasteiger partial charge in [0.25, 0.3) is 5.91 Å². The highest BCUT2D eigenvalue weighted by molar-refractivity contribution is 6.31. The van der Waals surface area contributed by atoms with Crippen molar-refractivity contribution in [1.29, 1.82) is 0 Å². The molecule has 1 saturated carbocycles. The first-order valence-corrected chi connectivity index (χ1v) is 5.96. The van der Waals surface area contributed by atoms with E-state index in [0.717, 1.165) is 23.7 Å². The van der Waals surface area contributed by atoms with E-state index in [1.807, 2.05) is 18.2 Å². The van der Waals surface area contributed by atoms with Gasteiger partial charge in [0.15, 0.2) is 0 Å². The summed E-state index contributed by atoms with van der Waals surface area (Å²) in [6, 6.07) is 7.64. The summed E-state index contributed by atoms with van der Waals surface area (Å²) < 4.78 is 0. The van der Waals surface area contributed by atoms with Crippen LogP contribution in [-0.2, 0) is 0 Å². The molecule has 4 heteroatoms. The highest BCUT2D eigenvalue weighted by atomic mass is 35.5. The molecular weight excluding hydrogens is 236 g/mol. The van der Waals surface area contributed by atoms with E-state index in [0.29, 0.717) is 16.6 Å². The monoisotopic (exact) mass is 246 g/mol. The fourth-order valence-corrected chi connectivity index (χ4v) is 1.90. The number of benzene rings is 1. The Morgan fingerprint density at radius 2 is 2.18 bits per heavy atom. The first kappa shape index (κ1) is 10.5. The van der Waals surface area contributed by atoms with Gasteiger partial charge in [0.05, 0.1) is 11.1 Å². The predicted molar refractivity (Wildman–Crippen MR) is 67.2 cm³/mol. The maximum Gasteiger partial charge on any atom is 0.253 e. The van der Waals surface area contributed by atoms with Gasteiger partial charge in [0, 0.05) is 22.6 Å². The Hall–Kier alpha value is -1.61. The van der Waals surface area contributed by atoms with Crippen LogP contribution in [0.15, 0.2) is 30.5 Å². The third-order valence-electron chi connectivity index (χ3n) is 2.82. The summed E-state index contributed by atoms with van der Waals surface area (Å²) in [5.74, 6) is -0.0538. The number of fused-ring (bicyclic) bond motifs is 1. The van der Waals surface area contributed by atoms with Gasteiger partial charge in [-0.15, -0.1) is 0 Å². The van der Waals surface area contributed by atoms with E-state index in [-0.39, 0.29) is 5.91 Å². The molecule has 1 heterocycles. The van der Waals surface area contributed by atoms with Gasteiger partial charge in [-0.25, -0.2) is 0 Å². The third kappa shape index (κ3) is 2.24. The normalized spacial score (nSPS) is 14.9. The minimum absolute atomic E-state index is 0.0538. The number of hydrogen-bond donors (Lipinski definition) is 1. The fraction of sp³-hybridized carbons (Fsp3) is 0.231. The van der Waals surface area contributed by atoms with E-state index in [1.165, 1.54) is 0 Å². The van der Waals surface area contributed by atoms with E-state index < -0.39 is 0 Å². The average molecular weight is 247 g/mol. The van der Waals surface area contributed by atoms with Gasteiger partial charge >= 0.3 is 0 Å². The van der Waals surface area contributed by atoms with E-state index in [2.05, 4.69) is 10.3 Å². The average Bonchev–Trinajstić information content (AvgIpc) is 3.12. The van der Waals surface area contributed by atoms with Crippen molar-refractivity contribution in [3.63, 3.8) is 0 Å². The van der Waals surface area contributed by atoms with Crippen molar-refractivity contribution in [2.45, 2.75) is 18.9 Å². The summed E-state index contributed by atoms with van der Waals surface area (Å²) >= 11 is 5.92. The van der Waals surface area contributed by atoms with E-state index >= 15 is 0 Å². The summed E-state index contributed by atoms with van der Waals surface area (Å²) in [4.78, 5) is 16.1. The van der Waals surface area contributed by atoms with Crippen LogP contribution < -0.4 is 5.32 Å². The van der Waals surface area contributed by atoms with Crippen molar-refractivity contribution in [1.82, 2.24) is 10.3 Å². The summed E-state index contributed by atoms with van der Waals surface area (Å²) in [6.07, 6.45) is 3.77. The number of rotatable bonds is 2. The van der Waals surface area contributed by atoms with Gasteiger partial charge in [-0.05, 0) is 37.1 Å². The second-order valence-electron chi connectivity index (χ2n) is 4.31. The van der Waals surface area contributed by atoms with Crippen LogP contribution in [0.1, 0.15) is 23.2 Å². The van der Waals surface area contributed by atoms with Gasteiger partial charge in [0.1, 0.15) is 0 Å². The zero-order valence-corrected chi connectivity index (χ0v) is 9.87. The van der Waals surface area contributed by atoms with Gasteiger partial charge in [-0.1, -0.05) is 11.6 Å². The Morgan fingerprint density at radius 3 is 2.94 bits per heavy atom. The number of pyridine rings is 1. The zero-order valence-electron chi connectivity index (χ0n) is 9.11. The smallest absolute Gasteiger partial charge is 0.253 e. The summed E-state index contributed by atoms with van der Waals surface area (Å²) in [5, 5.41) is 4.48. The van der Waals surface area contributed by atoms with Gasteiger partial charge in [-0.2, -0.15) is 0 Å². The number of amides is 1. The SMILES string of the molecule is O=C(NC1CC1)c1cnc2ccc(Cl)cc2c1. The van der Waals surface area contributed by atoms with Gasteiger partial charge in [0.2, 0.25) is 0 Å². The first-order chi connectivity index (χ1) is 8.22. The van der Waals surface area contributed by atoms with E-state index in [9.17, 15) is 4.79 Å². The van der Waals surface area contributed by atoms with Crippen molar-refractivity contribution in [3.05, 3.63) is 41.0 Å². The quantitative estimate of drug-likeness (QED) is 0.885. The minimum atomic E-state index is -0.0538. The van der Waals surface area contributed by atoms with E-state index in [1.54, 1.807) is 12.3 Å². The van der Waals surface area contributed by atoms with Crippen LogP contribution in [0.25, 0.3) is 10.9 Å². The largest absolute Gasteiger partial charge is 0.349 e. The van der Waals surface area contributed by atoms with Crippen molar-refractivity contribution in [2.24, 2.45) is 0 Å². The zero-order chi connectivity index (χ0) is 11.8. The lowest BCUT2D eigenvalue weighted by Gasteiger charge is -2.04. The van der Waals surface area contributed by atoms with Gasteiger partial charge in [-0.3, -0.25) is 9.78 Å². The molecular formula is C13H11ClN2O. The molecule has 0 bridgehead atoms. The molecule has 1 aromatic carbocycles. The highest BCUT2D eigenvalue weighted by Gasteiger charge is 2.23. The molecule has 0 radical (unpaired) electrons. The third-order valence-corrected chi connectivity index (χ3v) is 3.05. The molecule has 86 valence electrons. The maximum absolute atomic E-state index is 11.8. The number of carbonyl (C=O) groups is 1. The lowest BCUT2D eigenvalue weighted by molar-refractivity contribution is 0.0951. The van der Waals surface area contributed by atoms with Crippen LogP contribution in [0.2, 0.25) is 5.02 Å². The number of hydrogen-bond acceptors (Lipinski definition) is 2. The van der Waals surface area contributed by atoms with E-state index in [4.69, 9.17) is 11.6 Å². The molecule has 1 amide bonds. The second-order valence-corrected chi connectivity index (χ2v) is 4.75. The minimum Gasteiger partial charge on any atom is -0.349 e. The van der Waals surface area contributed by atoms with Gasteiger partial charge < -0.3 is 5.32 Å². The maximum atomic E-state index is 11.8. The Kier molecular flexibility index (Phi) is 2.48. The lowest BCUT2D eigenvalue weighted by Crippen LogP contribution is -2.25. The standard InChI is InChI=1S/C13H11ClN2O/c14-10-1-4-12-8(6-10)5-9(7-15-12)13(17)16-11-2-3-11/h1,4-7,11H,2-3H2,(H,16,17). The molecule has 1 fully saturated rings. The van der Waals surface area contributed by atoms with Crippen LogP contribution in [0.5, 0.6) is 0 Å². The molecule has 2 aromatic rings. The highest BCUT2D eigenvalue weighted by Crippen LogP contribution is 2.21. The molecule has 0 unspecified atom stereocenters. The number of halogens is 1. The Balaban J connectivity index is 1.96. The molecule has 3 rings (SSSR count). The summed E-state index contributed by atoms with van der Waals surface area (Å²) in [5.41, 5.74) is 1.43. The van der Waals surface area contributed by atoms with Crippen molar-refractivity contribution >= 4 is 28.4 Å². The molecule has 0 aliphatic heterocycles. The number of carbonyl (C=O) groups excluding carboxylic acids is 1. The van der Waals surface area contributed by atoms with Crippen molar-refractivity contribution < 1.29 is 4.79 Å². The van der Waals surface area contributed by atoms with Crippen molar-refractivity contribution in [2.75, 3.05) is 0 Å². The Bertz CT molecular complexity index is 593. The number of nitrogens with zero attached hydrogens (tertiary/aromatic N) is 1. The Morgan fingerprint density at radius 1 is 1.35 bits per heavy atom. The molecule has 0 saturated heterocycles. The molecule has 17 heavy (non-hydrogen) atoms. The Labute approximate surface area is 104 Å². The molecule has 0 atom stereocenters. The lowest BCUT2D eigenvalue weighted by atomic mass is 10.1. The summed E-state index contributed by atoms with van der Waals surface area (Å²) in [6.45, 7) is 0. The predicted octanol–water partition coefficient (Wildman–Crippen LogP) is 2.78. The fourth-order valence-electron chi connectivity index (χ4n) is 1.72.